The third kappa shape index (κ3) is 6.92. The Labute approximate surface area is 245 Å². The van der Waals surface area contributed by atoms with Crippen LogP contribution in [0.4, 0.5) is 4.39 Å². The predicted octanol–water partition coefficient (Wildman–Crippen LogP) is 5.09. The summed E-state index contributed by atoms with van der Waals surface area (Å²) in [4.78, 5) is 28.5. The molecular weight excluding hydrogens is 615 g/mol. The second kappa shape index (κ2) is 12.6. The molecule has 1 fully saturated rings. The summed E-state index contributed by atoms with van der Waals surface area (Å²) in [6.07, 6.45) is 2.46. The molecule has 1 aliphatic heterocycles. The van der Waals surface area contributed by atoms with Gasteiger partial charge in [-0.05, 0) is 66.9 Å². The number of hydrogen-bond donors (Lipinski definition) is 0. The fourth-order valence-corrected chi connectivity index (χ4v) is 6.43. The molecule has 214 valence electrons. The number of amides is 1. The maximum atomic E-state index is 13.9. The van der Waals surface area contributed by atoms with Gasteiger partial charge in [0.1, 0.15) is 11.4 Å². The third-order valence-electron chi connectivity index (χ3n) is 6.95. The fraction of sp³-hybridized carbons (Fsp3) is 0.267. The summed E-state index contributed by atoms with van der Waals surface area (Å²) in [6, 6.07) is 18.6. The van der Waals surface area contributed by atoms with Gasteiger partial charge >= 0.3 is 0 Å². The van der Waals surface area contributed by atoms with Crippen molar-refractivity contribution in [1.82, 2.24) is 9.21 Å². The molecule has 11 heteroatoms. The van der Waals surface area contributed by atoms with E-state index in [1.807, 2.05) is 0 Å². The average Bonchev–Trinajstić information content (AvgIpc) is 3.48. The van der Waals surface area contributed by atoms with Gasteiger partial charge in [-0.15, -0.1) is 0 Å². The van der Waals surface area contributed by atoms with Crippen LogP contribution < -0.4 is 5.43 Å². The van der Waals surface area contributed by atoms with Gasteiger partial charge in [0, 0.05) is 24.2 Å². The van der Waals surface area contributed by atoms with Crippen LogP contribution in [-0.4, -0.2) is 49.3 Å². The lowest BCUT2D eigenvalue weighted by atomic mass is 10.1. The Morgan fingerprint density at radius 1 is 1.00 bits per heavy atom. The minimum Gasteiger partial charge on any atom is -0.464 e. The Bertz CT molecular complexity index is 1690. The topological polar surface area (TPSA) is 97.1 Å². The number of benzene rings is 3. The molecule has 5 rings (SSSR count). The smallest absolute Gasteiger partial charge is 0.243 e. The molecule has 0 bridgehead atoms. The normalized spacial score (nSPS) is 15.4. The van der Waals surface area contributed by atoms with Gasteiger partial charge in [0.25, 0.3) is 0 Å². The number of halogens is 2. The summed E-state index contributed by atoms with van der Waals surface area (Å²) in [6.45, 7) is -0.0445. The van der Waals surface area contributed by atoms with Gasteiger partial charge in [-0.2, -0.15) is 4.31 Å². The number of carbonyl (C=O) groups is 1. The van der Waals surface area contributed by atoms with Crippen LogP contribution in [0.15, 0.2) is 97.6 Å². The lowest BCUT2D eigenvalue weighted by Crippen LogP contribution is -2.45. The van der Waals surface area contributed by atoms with Crippen molar-refractivity contribution in [3.05, 3.63) is 111 Å². The van der Waals surface area contributed by atoms with Gasteiger partial charge in [0.05, 0.1) is 41.3 Å². The van der Waals surface area contributed by atoms with Crippen LogP contribution in [0, 0.1) is 5.82 Å². The van der Waals surface area contributed by atoms with E-state index in [9.17, 15) is 22.4 Å². The van der Waals surface area contributed by atoms with Crippen molar-refractivity contribution in [1.29, 1.82) is 0 Å². The largest absolute Gasteiger partial charge is 0.464 e. The number of carbonyl (C=O) groups excluding carboxylic acids is 1. The molecule has 1 amide bonds. The van der Waals surface area contributed by atoms with E-state index in [0.717, 1.165) is 15.2 Å². The average molecular weight is 644 g/mol. The van der Waals surface area contributed by atoms with E-state index in [1.54, 1.807) is 48.5 Å². The molecule has 0 saturated carbocycles. The monoisotopic (exact) mass is 642 g/mol. The van der Waals surface area contributed by atoms with Crippen molar-refractivity contribution in [2.75, 3.05) is 19.7 Å². The molecule has 1 saturated heterocycles. The SMILES string of the molecule is O=C(CN(CC1CCCO1)S(=O)(=O)c1ccc(Br)cc1)N(Cc1ccc(F)cc1)Cc1coc2ccccc2c1=O. The Balaban J connectivity index is 1.47. The number of para-hydroxylation sites is 1. The highest BCUT2D eigenvalue weighted by atomic mass is 79.9. The molecule has 0 aliphatic carbocycles. The van der Waals surface area contributed by atoms with Gasteiger partial charge in [-0.25, -0.2) is 12.8 Å². The van der Waals surface area contributed by atoms with Crippen LogP contribution in [0.2, 0.25) is 0 Å². The van der Waals surface area contributed by atoms with Crippen LogP contribution in [0.3, 0.4) is 0 Å². The molecule has 1 atom stereocenters. The van der Waals surface area contributed by atoms with Crippen molar-refractivity contribution in [2.45, 2.75) is 36.9 Å². The van der Waals surface area contributed by atoms with Crippen LogP contribution >= 0.6 is 15.9 Å². The predicted molar refractivity (Wildman–Crippen MR) is 155 cm³/mol. The molecule has 4 aromatic rings. The van der Waals surface area contributed by atoms with E-state index in [-0.39, 0.29) is 41.6 Å². The van der Waals surface area contributed by atoms with Crippen LogP contribution in [0.25, 0.3) is 11.0 Å². The van der Waals surface area contributed by atoms with E-state index in [2.05, 4.69) is 15.9 Å². The van der Waals surface area contributed by atoms with E-state index >= 15 is 0 Å². The van der Waals surface area contributed by atoms with Gasteiger partial charge in [0.15, 0.2) is 5.43 Å². The number of hydrogen-bond acceptors (Lipinski definition) is 6. The van der Waals surface area contributed by atoms with Gasteiger partial charge < -0.3 is 14.1 Å². The molecule has 41 heavy (non-hydrogen) atoms. The lowest BCUT2D eigenvalue weighted by molar-refractivity contribution is -0.132. The number of rotatable bonds is 10. The van der Waals surface area contributed by atoms with Crippen molar-refractivity contribution in [2.24, 2.45) is 0 Å². The van der Waals surface area contributed by atoms with E-state index < -0.39 is 28.3 Å². The number of sulfonamides is 1. The number of fused-ring (bicyclic) bond motifs is 1. The van der Waals surface area contributed by atoms with Crippen molar-refractivity contribution < 1.29 is 26.8 Å². The summed E-state index contributed by atoms with van der Waals surface area (Å²) in [5, 5.41) is 0.372. The Morgan fingerprint density at radius 2 is 1.73 bits per heavy atom. The lowest BCUT2D eigenvalue weighted by Gasteiger charge is -2.28. The van der Waals surface area contributed by atoms with Crippen molar-refractivity contribution >= 4 is 42.8 Å². The first-order chi connectivity index (χ1) is 19.7. The van der Waals surface area contributed by atoms with Crippen LogP contribution in [0.5, 0.6) is 0 Å². The van der Waals surface area contributed by atoms with Crippen LogP contribution in [0.1, 0.15) is 24.0 Å². The molecule has 2 heterocycles. The second-order valence-electron chi connectivity index (χ2n) is 9.85. The third-order valence-corrected chi connectivity index (χ3v) is 9.30. The molecule has 1 aromatic heterocycles. The summed E-state index contributed by atoms with van der Waals surface area (Å²) in [5.74, 6) is -0.953. The highest BCUT2D eigenvalue weighted by Gasteiger charge is 2.32. The summed E-state index contributed by atoms with van der Waals surface area (Å²) in [5.41, 5.74) is 0.982. The first-order valence-corrected chi connectivity index (χ1v) is 15.3. The Kier molecular flexibility index (Phi) is 8.98. The summed E-state index contributed by atoms with van der Waals surface area (Å²) < 4.78 is 54.2. The highest BCUT2D eigenvalue weighted by Crippen LogP contribution is 2.23. The minimum absolute atomic E-state index is 0.00659. The quantitative estimate of drug-likeness (QED) is 0.239. The standard InChI is InChI=1S/C30H28BrFN2O6S/c31-23-9-13-26(14-10-23)41(37,38)34(18-25-4-3-15-39-25)19-29(35)33(16-21-7-11-24(32)12-8-21)17-22-20-40-28-6-2-1-5-27(28)30(22)36/h1-2,5-14,20,25H,3-4,15-19H2. The van der Waals surface area contributed by atoms with E-state index in [1.165, 1.54) is 35.4 Å². The Morgan fingerprint density at radius 3 is 2.44 bits per heavy atom. The zero-order valence-corrected chi connectivity index (χ0v) is 24.4. The first kappa shape index (κ1) is 29.1. The fourth-order valence-electron chi connectivity index (χ4n) is 4.74. The van der Waals surface area contributed by atoms with Gasteiger partial charge in [0.2, 0.25) is 15.9 Å². The van der Waals surface area contributed by atoms with Gasteiger partial charge in [-0.3, -0.25) is 9.59 Å². The van der Waals surface area contributed by atoms with Crippen molar-refractivity contribution in [3.63, 3.8) is 0 Å². The maximum Gasteiger partial charge on any atom is 0.243 e. The minimum atomic E-state index is -4.07. The molecule has 0 spiro atoms. The molecule has 0 radical (unpaired) electrons. The van der Waals surface area contributed by atoms with Gasteiger partial charge in [-0.1, -0.05) is 40.2 Å². The zero-order valence-electron chi connectivity index (χ0n) is 22.0. The molecule has 1 unspecified atom stereocenters. The van der Waals surface area contributed by atoms with Crippen molar-refractivity contribution in [3.8, 4) is 0 Å². The van der Waals surface area contributed by atoms with E-state index in [4.69, 9.17) is 9.15 Å². The molecule has 0 N–H and O–H groups in total. The maximum absolute atomic E-state index is 13.9. The molecule has 3 aromatic carbocycles. The van der Waals surface area contributed by atoms with Crippen LogP contribution in [-0.2, 0) is 32.6 Å². The summed E-state index contributed by atoms with van der Waals surface area (Å²) >= 11 is 3.32. The second-order valence-corrected chi connectivity index (χ2v) is 12.7. The number of ether oxygens (including phenoxy) is 1. The molecule has 1 aliphatic rings. The Hall–Kier alpha value is -3.38. The number of nitrogens with zero attached hydrogens (tertiary/aromatic N) is 2. The van der Waals surface area contributed by atoms with E-state index in [0.29, 0.717) is 29.6 Å². The molecule has 8 nitrogen and oxygen atoms in total. The zero-order chi connectivity index (χ0) is 29.0. The summed E-state index contributed by atoms with van der Waals surface area (Å²) in [7, 11) is -4.07. The first-order valence-electron chi connectivity index (χ1n) is 13.1. The molecular formula is C30H28BrFN2O6S. The highest BCUT2D eigenvalue weighted by molar-refractivity contribution is 9.10.